The first-order chi connectivity index (χ1) is 10.6. The molecule has 0 N–H and O–H groups in total. The summed E-state index contributed by atoms with van der Waals surface area (Å²) < 4.78 is 25.6. The molecule has 130 valence electrons. The first-order valence-electron chi connectivity index (χ1n) is 6.96. The van der Waals surface area contributed by atoms with Gasteiger partial charge in [-0.3, -0.25) is 19.2 Å². The van der Waals surface area contributed by atoms with Crippen LogP contribution >= 0.6 is 0 Å². The fraction of sp³-hybridized carbons (Fsp3) is 0.714. The van der Waals surface area contributed by atoms with Crippen LogP contribution in [0, 0.1) is 0 Å². The van der Waals surface area contributed by atoms with Gasteiger partial charge in [0.05, 0.1) is 0 Å². The third-order valence-electron chi connectivity index (χ3n) is 2.91. The maximum atomic E-state index is 11.3. The summed E-state index contributed by atoms with van der Waals surface area (Å²) in [5, 5.41) is 0. The monoisotopic (exact) mass is 332 g/mol. The summed E-state index contributed by atoms with van der Waals surface area (Å²) in [5.41, 5.74) is 0. The van der Waals surface area contributed by atoms with Gasteiger partial charge in [-0.15, -0.1) is 0 Å². The van der Waals surface area contributed by atoms with E-state index in [0.29, 0.717) is 0 Å². The second-order valence-corrected chi connectivity index (χ2v) is 5.04. The molecule has 1 aliphatic rings. The molecule has 1 saturated heterocycles. The van der Waals surface area contributed by atoms with Gasteiger partial charge in [-0.05, 0) is 6.92 Å². The summed E-state index contributed by atoms with van der Waals surface area (Å²) >= 11 is 0. The van der Waals surface area contributed by atoms with Crippen LogP contribution in [-0.4, -0.2) is 54.6 Å². The Labute approximate surface area is 133 Å². The minimum atomic E-state index is -1.27. The lowest BCUT2D eigenvalue weighted by Crippen LogP contribution is -2.44. The molecule has 0 spiro atoms. The normalized spacial score (nSPS) is 27.7. The molecule has 0 aromatic heterocycles. The van der Waals surface area contributed by atoms with E-state index >= 15 is 0 Å². The van der Waals surface area contributed by atoms with E-state index in [9.17, 15) is 19.2 Å². The van der Waals surface area contributed by atoms with Crippen molar-refractivity contribution >= 4 is 23.9 Å². The average Bonchev–Trinajstić information content (AvgIpc) is 2.65. The summed E-state index contributed by atoms with van der Waals surface area (Å²) in [6, 6.07) is 0. The van der Waals surface area contributed by atoms with E-state index in [1.165, 1.54) is 13.8 Å². The Morgan fingerprint density at radius 1 is 0.783 bits per heavy atom. The Morgan fingerprint density at radius 3 is 1.70 bits per heavy atom. The molecule has 1 heterocycles. The van der Waals surface area contributed by atoms with Gasteiger partial charge in [0.2, 0.25) is 12.4 Å². The van der Waals surface area contributed by atoms with Gasteiger partial charge in [0.25, 0.3) is 0 Å². The second-order valence-electron chi connectivity index (χ2n) is 5.04. The van der Waals surface area contributed by atoms with Gasteiger partial charge >= 0.3 is 23.9 Å². The lowest BCUT2D eigenvalue weighted by Gasteiger charge is -2.25. The molecule has 1 unspecified atom stereocenters. The van der Waals surface area contributed by atoms with Gasteiger partial charge < -0.3 is 23.7 Å². The maximum Gasteiger partial charge on any atom is 0.305 e. The third-order valence-corrected chi connectivity index (χ3v) is 2.91. The van der Waals surface area contributed by atoms with Crippen LogP contribution in [-0.2, 0) is 42.9 Å². The molecule has 0 aromatic rings. The summed E-state index contributed by atoms with van der Waals surface area (Å²) in [6.45, 7) is 6.19. The van der Waals surface area contributed by atoms with Gasteiger partial charge in [-0.25, -0.2) is 0 Å². The number of esters is 4. The topological polar surface area (TPSA) is 114 Å². The molecule has 9 heteroatoms. The molecule has 0 radical (unpaired) electrons. The van der Waals surface area contributed by atoms with Crippen LogP contribution in [0.3, 0.4) is 0 Å². The highest BCUT2D eigenvalue weighted by atomic mass is 16.8. The molecule has 23 heavy (non-hydrogen) atoms. The van der Waals surface area contributed by atoms with Crippen LogP contribution in [0.25, 0.3) is 0 Å². The standard InChI is InChI=1S/C14H20O9/c1-6(19-7(2)15)11-12(20-8(3)16)13(21-9(4)17)14(23-11)22-10(5)18/h6,11-14H,1-5H3/t6-,11-,12-,13-,14?/m1/s1. The van der Waals surface area contributed by atoms with Crippen molar-refractivity contribution in [3.63, 3.8) is 0 Å². The van der Waals surface area contributed by atoms with Crippen LogP contribution in [0.4, 0.5) is 0 Å². The van der Waals surface area contributed by atoms with Crippen molar-refractivity contribution < 1.29 is 42.9 Å². The predicted octanol–water partition coefficient (Wildman–Crippen LogP) is 0.0894. The van der Waals surface area contributed by atoms with E-state index in [1.807, 2.05) is 0 Å². The fourth-order valence-electron chi connectivity index (χ4n) is 2.26. The van der Waals surface area contributed by atoms with Crippen molar-refractivity contribution in [1.29, 1.82) is 0 Å². The molecular weight excluding hydrogens is 312 g/mol. The van der Waals surface area contributed by atoms with Crippen LogP contribution in [0.1, 0.15) is 34.6 Å². The van der Waals surface area contributed by atoms with Crippen LogP contribution in [0.15, 0.2) is 0 Å². The predicted molar refractivity (Wildman–Crippen MR) is 72.8 cm³/mol. The number of carbonyl (C=O) groups excluding carboxylic acids is 4. The van der Waals surface area contributed by atoms with Gasteiger partial charge in [0.1, 0.15) is 12.2 Å². The molecule has 9 nitrogen and oxygen atoms in total. The molecule has 1 fully saturated rings. The highest BCUT2D eigenvalue weighted by Crippen LogP contribution is 2.31. The van der Waals surface area contributed by atoms with Gasteiger partial charge in [-0.2, -0.15) is 0 Å². The van der Waals surface area contributed by atoms with Crippen LogP contribution in [0.2, 0.25) is 0 Å². The van der Waals surface area contributed by atoms with Crippen molar-refractivity contribution in [2.75, 3.05) is 0 Å². The van der Waals surface area contributed by atoms with Crippen molar-refractivity contribution in [3.8, 4) is 0 Å². The number of rotatable bonds is 5. The fourth-order valence-corrected chi connectivity index (χ4v) is 2.26. The molecule has 0 amide bonds. The SMILES string of the molecule is CC(=O)OC1O[C@H]([C@@H](C)OC(C)=O)[C@@H](OC(C)=O)[C@H]1OC(C)=O. The van der Waals surface area contributed by atoms with Crippen LogP contribution < -0.4 is 0 Å². The van der Waals surface area contributed by atoms with Gasteiger partial charge in [0, 0.05) is 27.7 Å². The van der Waals surface area contributed by atoms with Crippen molar-refractivity contribution in [2.45, 2.75) is 65.3 Å². The van der Waals surface area contributed by atoms with E-state index in [2.05, 4.69) is 0 Å². The Kier molecular flexibility index (Phi) is 6.49. The minimum absolute atomic E-state index is 0.567. The Morgan fingerprint density at radius 2 is 1.26 bits per heavy atom. The van der Waals surface area contributed by atoms with Crippen molar-refractivity contribution in [1.82, 2.24) is 0 Å². The Bertz CT molecular complexity index is 487. The molecular formula is C14H20O9. The average molecular weight is 332 g/mol. The summed E-state index contributed by atoms with van der Waals surface area (Å²) in [5.74, 6) is -2.56. The molecule has 0 bridgehead atoms. The lowest BCUT2D eigenvalue weighted by atomic mass is 10.1. The quantitative estimate of drug-likeness (QED) is 0.510. The third kappa shape index (κ3) is 5.51. The molecule has 0 aromatic carbocycles. The smallest absolute Gasteiger partial charge is 0.305 e. The molecule has 5 atom stereocenters. The van der Waals surface area contributed by atoms with Crippen molar-refractivity contribution in [3.05, 3.63) is 0 Å². The summed E-state index contributed by atoms with van der Waals surface area (Å²) in [4.78, 5) is 44.9. The molecule has 0 saturated carbocycles. The van der Waals surface area contributed by atoms with Crippen LogP contribution in [0.5, 0.6) is 0 Å². The van der Waals surface area contributed by atoms with Crippen molar-refractivity contribution in [2.24, 2.45) is 0 Å². The first-order valence-corrected chi connectivity index (χ1v) is 6.96. The number of ether oxygens (including phenoxy) is 5. The van der Waals surface area contributed by atoms with E-state index in [4.69, 9.17) is 23.7 Å². The summed E-state index contributed by atoms with van der Waals surface area (Å²) in [7, 11) is 0. The van der Waals surface area contributed by atoms with E-state index in [1.54, 1.807) is 0 Å². The molecule has 1 rings (SSSR count). The zero-order valence-corrected chi connectivity index (χ0v) is 13.6. The molecule has 1 aliphatic heterocycles. The number of hydrogen-bond acceptors (Lipinski definition) is 9. The highest BCUT2D eigenvalue weighted by Gasteiger charge is 2.53. The van der Waals surface area contributed by atoms with Gasteiger partial charge in [-0.1, -0.05) is 0 Å². The zero-order valence-electron chi connectivity index (χ0n) is 13.6. The summed E-state index contributed by atoms with van der Waals surface area (Å²) in [6.07, 6.45) is -5.31. The van der Waals surface area contributed by atoms with E-state index in [-0.39, 0.29) is 0 Å². The lowest BCUT2D eigenvalue weighted by molar-refractivity contribution is -0.200. The minimum Gasteiger partial charge on any atom is -0.460 e. The van der Waals surface area contributed by atoms with E-state index in [0.717, 1.165) is 20.8 Å². The molecule has 0 aliphatic carbocycles. The zero-order chi connectivity index (χ0) is 17.7. The number of hydrogen-bond donors (Lipinski definition) is 0. The first kappa shape index (κ1) is 18.9. The maximum absolute atomic E-state index is 11.3. The largest absolute Gasteiger partial charge is 0.460 e. The van der Waals surface area contributed by atoms with E-state index < -0.39 is 54.6 Å². The second kappa shape index (κ2) is 7.91. The highest BCUT2D eigenvalue weighted by molar-refractivity contribution is 5.68. The Hall–Kier alpha value is -2.16. The Balaban J connectivity index is 3.06. The van der Waals surface area contributed by atoms with Gasteiger partial charge in [0.15, 0.2) is 6.10 Å². The number of carbonyl (C=O) groups is 4.